The minimum absolute atomic E-state index is 0. The second-order valence-electron chi connectivity index (χ2n) is 5.55. The molecule has 0 aliphatic heterocycles. The summed E-state index contributed by atoms with van der Waals surface area (Å²) < 4.78 is 11.5. The predicted molar refractivity (Wildman–Crippen MR) is 96.2 cm³/mol. The van der Waals surface area contributed by atoms with Gasteiger partial charge in [0.05, 0.1) is 0 Å². The third kappa shape index (κ3) is 4.83. The van der Waals surface area contributed by atoms with Gasteiger partial charge in [-0.1, -0.05) is 24.3 Å². The molecule has 5 nitrogen and oxygen atoms in total. The van der Waals surface area contributed by atoms with E-state index in [1.54, 1.807) is 24.4 Å². The summed E-state index contributed by atoms with van der Waals surface area (Å²) in [6.45, 7) is 1.90. The van der Waals surface area contributed by atoms with Gasteiger partial charge in [-0.3, -0.25) is 0 Å². The molecule has 0 unspecified atom stereocenters. The standard InChI is InChI=1S/C21H14N3O2.Pt/c1-15-12-20(24-23-15)16-6-4-7-17(13-16)25-18-8-5-9-19(14-18)26-21-10-2-3-11-22-21;/h2-12H,1H3;/q-3;. The molecule has 2 aromatic heterocycles. The molecule has 0 radical (unpaired) electrons. The van der Waals surface area contributed by atoms with E-state index < -0.39 is 0 Å². The number of aromatic nitrogens is 3. The van der Waals surface area contributed by atoms with E-state index in [9.17, 15) is 0 Å². The maximum atomic E-state index is 5.87. The van der Waals surface area contributed by atoms with Crippen molar-refractivity contribution in [1.82, 2.24) is 15.2 Å². The Morgan fingerprint density at radius 1 is 0.852 bits per heavy atom. The number of nitrogens with zero attached hydrogens (tertiary/aromatic N) is 3. The molecule has 4 aromatic rings. The molecule has 0 amide bonds. The Balaban J connectivity index is 0.00000210. The molecule has 27 heavy (non-hydrogen) atoms. The Bertz CT molecular complexity index is 1020. The Labute approximate surface area is 171 Å². The van der Waals surface area contributed by atoms with Gasteiger partial charge in [0, 0.05) is 56.3 Å². The summed E-state index contributed by atoms with van der Waals surface area (Å²) in [5.74, 6) is 2.11. The fourth-order valence-electron chi connectivity index (χ4n) is 2.36. The maximum Gasteiger partial charge on any atom is 0.216 e. The summed E-state index contributed by atoms with van der Waals surface area (Å²) in [6.07, 6.45) is 1.67. The molecule has 0 N–H and O–H groups in total. The molecule has 6 heteroatoms. The van der Waals surface area contributed by atoms with Gasteiger partial charge in [0.2, 0.25) is 5.88 Å². The first-order valence-electron chi connectivity index (χ1n) is 8.05. The fraction of sp³-hybridized carbons (Fsp3) is 0.0476. The molecular weight excluding hydrogens is 521 g/mol. The molecule has 0 aliphatic carbocycles. The van der Waals surface area contributed by atoms with Crippen LogP contribution in [-0.4, -0.2) is 10.1 Å². The Hall–Kier alpha value is -2.91. The first-order valence-corrected chi connectivity index (χ1v) is 8.05. The summed E-state index contributed by atoms with van der Waals surface area (Å²) in [4.78, 5) is 4.13. The molecule has 0 spiro atoms. The van der Waals surface area contributed by atoms with Crippen molar-refractivity contribution in [1.29, 1.82) is 0 Å². The monoisotopic (exact) mass is 535 g/mol. The van der Waals surface area contributed by atoms with E-state index >= 15 is 0 Å². The van der Waals surface area contributed by atoms with Gasteiger partial charge in [0.1, 0.15) is 0 Å². The number of rotatable bonds is 5. The number of pyridine rings is 1. The maximum absolute atomic E-state index is 5.87. The molecule has 138 valence electrons. The van der Waals surface area contributed by atoms with Crippen LogP contribution >= 0.6 is 0 Å². The average Bonchev–Trinajstić information content (AvgIpc) is 3.10. The van der Waals surface area contributed by atoms with Gasteiger partial charge in [-0.15, -0.1) is 30.3 Å². The van der Waals surface area contributed by atoms with E-state index in [0.717, 1.165) is 17.0 Å². The fourth-order valence-corrected chi connectivity index (χ4v) is 2.36. The normalized spacial score (nSPS) is 10.1. The quantitative estimate of drug-likeness (QED) is 0.350. The van der Waals surface area contributed by atoms with Gasteiger partial charge in [-0.2, -0.15) is 11.6 Å². The van der Waals surface area contributed by atoms with Gasteiger partial charge in [-0.25, -0.2) is 10.7 Å². The number of hydrogen-bond acceptors (Lipinski definition) is 4. The van der Waals surface area contributed by atoms with Crippen LogP contribution in [0.15, 0.2) is 66.9 Å². The summed E-state index contributed by atoms with van der Waals surface area (Å²) in [5, 5.41) is 8.14. The molecule has 0 bridgehead atoms. The van der Waals surface area contributed by atoms with E-state index in [4.69, 9.17) is 9.47 Å². The minimum atomic E-state index is 0. The summed E-state index contributed by atoms with van der Waals surface area (Å²) in [5.41, 5.74) is 2.46. The Morgan fingerprint density at radius 3 is 2.30 bits per heavy atom. The van der Waals surface area contributed by atoms with E-state index in [-0.39, 0.29) is 21.1 Å². The van der Waals surface area contributed by atoms with Crippen LogP contribution in [0.5, 0.6) is 23.1 Å². The number of ether oxygens (including phenoxy) is 2. The summed E-state index contributed by atoms with van der Waals surface area (Å²) >= 11 is 0. The molecule has 0 atom stereocenters. The van der Waals surface area contributed by atoms with Crippen molar-refractivity contribution < 1.29 is 30.5 Å². The van der Waals surface area contributed by atoms with Crippen molar-refractivity contribution >= 4 is 0 Å². The average molecular weight is 535 g/mol. The van der Waals surface area contributed by atoms with Crippen molar-refractivity contribution in [3.05, 3.63) is 84.7 Å². The zero-order valence-electron chi connectivity index (χ0n) is 14.3. The van der Waals surface area contributed by atoms with Crippen LogP contribution in [0.3, 0.4) is 0 Å². The first-order chi connectivity index (χ1) is 12.8. The third-order valence-corrected chi connectivity index (χ3v) is 3.52. The summed E-state index contributed by atoms with van der Waals surface area (Å²) in [6, 6.07) is 24.7. The van der Waals surface area contributed by atoms with Crippen LogP contribution in [0.2, 0.25) is 0 Å². The van der Waals surface area contributed by atoms with Crippen LogP contribution in [0.25, 0.3) is 11.3 Å². The van der Waals surface area contributed by atoms with Gasteiger partial charge < -0.3 is 19.7 Å². The molecule has 2 aromatic carbocycles. The molecule has 0 aliphatic rings. The van der Waals surface area contributed by atoms with Crippen LogP contribution in [0, 0.1) is 19.1 Å². The van der Waals surface area contributed by atoms with Gasteiger partial charge in [-0.05, 0) is 13.0 Å². The summed E-state index contributed by atoms with van der Waals surface area (Å²) in [7, 11) is 0. The van der Waals surface area contributed by atoms with Gasteiger partial charge in [0.25, 0.3) is 0 Å². The van der Waals surface area contributed by atoms with Crippen LogP contribution in [-0.2, 0) is 21.1 Å². The van der Waals surface area contributed by atoms with Crippen molar-refractivity contribution in [3.8, 4) is 34.4 Å². The third-order valence-electron chi connectivity index (χ3n) is 3.52. The predicted octanol–water partition coefficient (Wildman–Crippen LogP) is 4.59. The molecular formula is C21H14N3O2Pt-3. The van der Waals surface area contributed by atoms with Gasteiger partial charge in [0.15, 0.2) is 0 Å². The van der Waals surface area contributed by atoms with Gasteiger partial charge >= 0.3 is 0 Å². The van der Waals surface area contributed by atoms with E-state index in [1.807, 2.05) is 49.4 Å². The minimum Gasteiger partial charge on any atom is -0.619 e. The molecule has 0 fully saturated rings. The van der Waals surface area contributed by atoms with Crippen molar-refractivity contribution in [2.45, 2.75) is 6.92 Å². The zero-order chi connectivity index (χ0) is 17.8. The number of benzene rings is 2. The topological polar surface area (TPSA) is 58.3 Å². The van der Waals surface area contributed by atoms with Crippen LogP contribution in [0.4, 0.5) is 0 Å². The molecule has 4 rings (SSSR count). The molecule has 2 heterocycles. The zero-order valence-corrected chi connectivity index (χ0v) is 16.6. The Kier molecular flexibility index (Phi) is 6.04. The second kappa shape index (κ2) is 8.65. The number of aryl methyl sites for hydroxylation is 1. The van der Waals surface area contributed by atoms with Crippen LogP contribution < -0.4 is 14.6 Å². The van der Waals surface area contributed by atoms with Crippen molar-refractivity contribution in [3.63, 3.8) is 0 Å². The molecule has 0 saturated carbocycles. The van der Waals surface area contributed by atoms with Crippen molar-refractivity contribution in [2.75, 3.05) is 0 Å². The van der Waals surface area contributed by atoms with E-state index in [1.165, 1.54) is 0 Å². The van der Waals surface area contributed by atoms with E-state index in [2.05, 4.69) is 27.3 Å². The SMILES string of the molecule is Cc1cc(-c2[c-]c(Oc3[c-]c(Oc4ccccn4)ccc3)ccc2)[n-]n1.[Pt]. The largest absolute Gasteiger partial charge is 0.619 e. The van der Waals surface area contributed by atoms with E-state index in [0.29, 0.717) is 23.1 Å². The first kappa shape index (κ1) is 18.9. The van der Waals surface area contributed by atoms with Crippen LogP contribution in [0.1, 0.15) is 5.69 Å². The van der Waals surface area contributed by atoms with Crippen molar-refractivity contribution in [2.24, 2.45) is 0 Å². The molecule has 0 saturated heterocycles. The number of hydrogen-bond donors (Lipinski definition) is 0. The Morgan fingerprint density at radius 2 is 1.59 bits per heavy atom. The smallest absolute Gasteiger partial charge is 0.216 e. The second-order valence-corrected chi connectivity index (χ2v) is 5.55.